The van der Waals surface area contributed by atoms with Crippen molar-refractivity contribution >= 4 is 29.3 Å². The maximum atomic E-state index is 13.0. The number of nitrogens with one attached hydrogen (secondary N) is 2. The van der Waals surface area contributed by atoms with Gasteiger partial charge in [0.1, 0.15) is 5.76 Å². The molecule has 0 aliphatic carbocycles. The second-order valence-electron chi connectivity index (χ2n) is 8.38. The number of para-hydroxylation sites is 1. The van der Waals surface area contributed by atoms with Gasteiger partial charge in [-0.15, -0.1) is 0 Å². The number of fused-ring (bicyclic) bond motifs is 1. The highest BCUT2D eigenvalue weighted by atomic mass is 16.5. The minimum Gasteiger partial charge on any atom is -0.467 e. The molecule has 9 heteroatoms. The molecule has 2 aliphatic rings. The Labute approximate surface area is 201 Å². The van der Waals surface area contributed by atoms with Crippen LogP contribution in [0, 0.1) is 0 Å². The molecule has 2 aromatic carbocycles. The van der Waals surface area contributed by atoms with Crippen molar-refractivity contribution in [1.29, 1.82) is 0 Å². The third-order valence-corrected chi connectivity index (χ3v) is 6.06. The van der Waals surface area contributed by atoms with Gasteiger partial charge in [-0.05, 0) is 55.3 Å². The summed E-state index contributed by atoms with van der Waals surface area (Å²) in [5, 5.41) is 5.60. The van der Waals surface area contributed by atoms with Crippen molar-refractivity contribution in [2.75, 3.05) is 18.5 Å². The fourth-order valence-corrected chi connectivity index (χ4v) is 4.23. The molecule has 3 aromatic rings. The monoisotopic (exact) mass is 473 g/mol. The normalized spacial score (nSPS) is 16.9. The van der Waals surface area contributed by atoms with Crippen LogP contribution in [0.25, 0.3) is 0 Å². The molecule has 178 valence electrons. The fourth-order valence-electron chi connectivity index (χ4n) is 4.23. The lowest BCUT2D eigenvalue weighted by Crippen LogP contribution is -2.32. The second-order valence-corrected chi connectivity index (χ2v) is 8.38. The standard InChI is InChI=1S/C26H23N3O6/c30-23(28-22-8-2-1-7-20(22)24(31)27-14-17-5-3-11-34-17)16-9-10-19-21(13-16)26(33)29(25(19)32)15-18-6-4-12-35-18/h1-2,4,6-10,12-13,17H,3,5,11,14-15H2,(H,27,31)(H,28,30). The second kappa shape index (κ2) is 9.55. The summed E-state index contributed by atoms with van der Waals surface area (Å²) in [7, 11) is 0. The van der Waals surface area contributed by atoms with Gasteiger partial charge in [0.2, 0.25) is 0 Å². The predicted molar refractivity (Wildman–Crippen MR) is 125 cm³/mol. The maximum absolute atomic E-state index is 13.0. The van der Waals surface area contributed by atoms with E-state index in [4.69, 9.17) is 9.15 Å². The van der Waals surface area contributed by atoms with Crippen LogP contribution in [-0.4, -0.2) is 47.8 Å². The first kappa shape index (κ1) is 22.5. The highest BCUT2D eigenvalue weighted by molar-refractivity contribution is 6.22. The van der Waals surface area contributed by atoms with E-state index in [0.717, 1.165) is 17.7 Å². The molecule has 0 spiro atoms. The predicted octanol–water partition coefficient (Wildman–Crippen LogP) is 3.24. The SMILES string of the molecule is O=C(Nc1ccccc1C(=O)NCC1CCCO1)c1ccc2c(c1)C(=O)N(Cc1ccco1)C2=O. The zero-order valence-electron chi connectivity index (χ0n) is 18.8. The zero-order chi connectivity index (χ0) is 24.4. The maximum Gasteiger partial charge on any atom is 0.261 e. The van der Waals surface area contributed by atoms with Crippen molar-refractivity contribution in [3.63, 3.8) is 0 Å². The summed E-state index contributed by atoms with van der Waals surface area (Å²) in [5.41, 5.74) is 1.23. The quantitative estimate of drug-likeness (QED) is 0.509. The molecule has 5 rings (SSSR count). The molecule has 3 heterocycles. The van der Waals surface area contributed by atoms with Crippen molar-refractivity contribution in [2.45, 2.75) is 25.5 Å². The number of rotatable bonds is 7. The van der Waals surface area contributed by atoms with Gasteiger partial charge < -0.3 is 19.8 Å². The largest absolute Gasteiger partial charge is 0.467 e. The summed E-state index contributed by atoms with van der Waals surface area (Å²) >= 11 is 0. The molecule has 1 atom stereocenters. The van der Waals surface area contributed by atoms with Crippen LogP contribution in [0.3, 0.4) is 0 Å². The van der Waals surface area contributed by atoms with E-state index < -0.39 is 17.7 Å². The number of amides is 4. The van der Waals surface area contributed by atoms with E-state index in [2.05, 4.69) is 10.6 Å². The Morgan fingerprint density at radius 3 is 2.57 bits per heavy atom. The summed E-state index contributed by atoms with van der Waals surface area (Å²) in [6, 6.07) is 14.4. The number of carbonyl (C=O) groups excluding carboxylic acids is 4. The lowest BCUT2D eigenvalue weighted by Gasteiger charge is -2.14. The molecule has 2 aliphatic heterocycles. The Morgan fingerprint density at radius 1 is 0.971 bits per heavy atom. The van der Waals surface area contributed by atoms with Gasteiger partial charge in [-0.25, -0.2) is 0 Å². The minimum atomic E-state index is -0.503. The first-order valence-electron chi connectivity index (χ1n) is 11.3. The number of nitrogens with zero attached hydrogens (tertiary/aromatic N) is 1. The number of furan rings is 1. The van der Waals surface area contributed by atoms with Crippen LogP contribution < -0.4 is 10.6 Å². The van der Waals surface area contributed by atoms with E-state index in [1.165, 1.54) is 24.5 Å². The van der Waals surface area contributed by atoms with Gasteiger partial charge in [0, 0.05) is 18.7 Å². The molecule has 1 saturated heterocycles. The summed E-state index contributed by atoms with van der Waals surface area (Å²) in [4.78, 5) is 52.4. The van der Waals surface area contributed by atoms with Crippen LogP contribution in [0.4, 0.5) is 5.69 Å². The van der Waals surface area contributed by atoms with Crippen molar-refractivity contribution in [1.82, 2.24) is 10.2 Å². The van der Waals surface area contributed by atoms with E-state index in [1.807, 2.05) is 0 Å². The summed E-state index contributed by atoms with van der Waals surface area (Å²) < 4.78 is 10.8. The number of carbonyl (C=O) groups is 4. The van der Waals surface area contributed by atoms with Crippen molar-refractivity contribution in [3.05, 3.63) is 88.9 Å². The number of benzene rings is 2. The molecule has 1 fully saturated rings. The summed E-state index contributed by atoms with van der Waals surface area (Å²) in [6.07, 6.45) is 3.34. The molecule has 1 unspecified atom stereocenters. The number of anilines is 1. The van der Waals surface area contributed by atoms with Crippen LogP contribution in [0.15, 0.2) is 65.3 Å². The van der Waals surface area contributed by atoms with Crippen LogP contribution in [0.5, 0.6) is 0 Å². The lowest BCUT2D eigenvalue weighted by atomic mass is 10.0. The molecule has 0 saturated carbocycles. The Morgan fingerprint density at radius 2 is 1.80 bits per heavy atom. The third-order valence-electron chi connectivity index (χ3n) is 6.06. The molecule has 9 nitrogen and oxygen atoms in total. The van der Waals surface area contributed by atoms with Gasteiger partial charge in [-0.2, -0.15) is 0 Å². The van der Waals surface area contributed by atoms with E-state index in [9.17, 15) is 19.2 Å². The molecule has 0 radical (unpaired) electrons. The third kappa shape index (κ3) is 4.58. The molecular formula is C26H23N3O6. The van der Waals surface area contributed by atoms with Crippen LogP contribution in [0.2, 0.25) is 0 Å². The van der Waals surface area contributed by atoms with Gasteiger partial charge in [0.25, 0.3) is 23.6 Å². The zero-order valence-corrected chi connectivity index (χ0v) is 18.8. The number of hydrogen-bond acceptors (Lipinski definition) is 6. The van der Waals surface area contributed by atoms with Crippen molar-refractivity contribution in [2.24, 2.45) is 0 Å². The smallest absolute Gasteiger partial charge is 0.261 e. The summed E-state index contributed by atoms with van der Waals surface area (Å²) in [6.45, 7) is 1.11. The van der Waals surface area contributed by atoms with Crippen LogP contribution >= 0.6 is 0 Å². The Balaban J connectivity index is 1.30. The van der Waals surface area contributed by atoms with E-state index in [-0.39, 0.29) is 35.2 Å². The number of imide groups is 1. The van der Waals surface area contributed by atoms with Crippen molar-refractivity contribution in [3.8, 4) is 0 Å². The van der Waals surface area contributed by atoms with Gasteiger partial charge in [-0.3, -0.25) is 24.1 Å². The van der Waals surface area contributed by atoms with Crippen LogP contribution in [-0.2, 0) is 11.3 Å². The average molecular weight is 473 g/mol. The van der Waals surface area contributed by atoms with Gasteiger partial charge in [0.05, 0.1) is 41.3 Å². The highest BCUT2D eigenvalue weighted by Crippen LogP contribution is 2.26. The molecular weight excluding hydrogens is 450 g/mol. The minimum absolute atomic E-state index is 0.000264. The summed E-state index contributed by atoms with van der Waals surface area (Å²) in [5.74, 6) is -1.28. The van der Waals surface area contributed by atoms with Gasteiger partial charge in [-0.1, -0.05) is 12.1 Å². The van der Waals surface area contributed by atoms with E-state index in [1.54, 1.807) is 36.4 Å². The number of hydrogen-bond donors (Lipinski definition) is 2. The molecule has 2 N–H and O–H groups in total. The van der Waals surface area contributed by atoms with Gasteiger partial charge >= 0.3 is 0 Å². The number of ether oxygens (including phenoxy) is 1. The molecule has 1 aromatic heterocycles. The lowest BCUT2D eigenvalue weighted by molar-refractivity contribution is 0.0631. The molecule has 35 heavy (non-hydrogen) atoms. The van der Waals surface area contributed by atoms with E-state index >= 15 is 0 Å². The van der Waals surface area contributed by atoms with Crippen LogP contribution in [0.1, 0.15) is 60.0 Å². The molecule has 0 bridgehead atoms. The Hall–Kier alpha value is -4.24. The fraction of sp³-hybridized carbons (Fsp3) is 0.231. The Kier molecular flexibility index (Phi) is 6.15. The molecule has 4 amide bonds. The van der Waals surface area contributed by atoms with E-state index in [0.29, 0.717) is 30.2 Å². The van der Waals surface area contributed by atoms with Crippen molar-refractivity contribution < 1.29 is 28.3 Å². The first-order valence-corrected chi connectivity index (χ1v) is 11.3. The van der Waals surface area contributed by atoms with Gasteiger partial charge in [0.15, 0.2) is 0 Å². The highest BCUT2D eigenvalue weighted by Gasteiger charge is 2.36. The average Bonchev–Trinajstić information content (AvgIpc) is 3.63. The topological polar surface area (TPSA) is 118 Å². The Bertz CT molecular complexity index is 1290. The first-order chi connectivity index (χ1) is 17.0.